The first-order chi connectivity index (χ1) is 9.93. The van der Waals surface area contributed by atoms with Gasteiger partial charge in [-0.2, -0.15) is 5.10 Å². The van der Waals surface area contributed by atoms with Crippen LogP contribution in [0.5, 0.6) is 5.75 Å². The molecule has 0 aliphatic carbocycles. The molecule has 1 atom stereocenters. The number of hydrogen-bond acceptors (Lipinski definition) is 3. The molecule has 2 aromatic rings. The van der Waals surface area contributed by atoms with Crippen molar-refractivity contribution in [1.82, 2.24) is 9.78 Å². The molecule has 0 aliphatic rings. The fourth-order valence-electron chi connectivity index (χ4n) is 2.30. The summed E-state index contributed by atoms with van der Waals surface area (Å²) in [5, 5.41) is 4.24. The normalized spacial score (nSPS) is 12.7. The second-order valence-corrected chi connectivity index (χ2v) is 5.18. The predicted octanol–water partition coefficient (Wildman–Crippen LogP) is 2.99. The third-order valence-corrected chi connectivity index (χ3v) is 3.31. The van der Waals surface area contributed by atoms with Crippen LogP contribution < -0.4 is 10.5 Å². The van der Waals surface area contributed by atoms with Crippen molar-refractivity contribution in [2.75, 3.05) is 7.11 Å². The summed E-state index contributed by atoms with van der Waals surface area (Å²) in [7, 11) is 1.54. The summed E-state index contributed by atoms with van der Waals surface area (Å²) in [6.07, 6.45) is 1.83. The molecule has 4 nitrogen and oxygen atoms in total. The summed E-state index contributed by atoms with van der Waals surface area (Å²) in [5.74, 6) is -0.631. The largest absolute Gasteiger partial charge is 0.493 e. The Kier molecular flexibility index (Phi) is 4.57. The van der Waals surface area contributed by atoms with Gasteiger partial charge >= 0.3 is 0 Å². The van der Waals surface area contributed by atoms with E-state index in [1.54, 1.807) is 10.9 Å². The van der Waals surface area contributed by atoms with Crippen LogP contribution in [0.3, 0.4) is 0 Å². The average Bonchev–Trinajstić information content (AvgIpc) is 2.86. The van der Waals surface area contributed by atoms with E-state index < -0.39 is 17.7 Å². The van der Waals surface area contributed by atoms with Crippen LogP contribution in [0.15, 0.2) is 24.4 Å². The Balaban J connectivity index is 2.31. The maximum absolute atomic E-state index is 13.7. The van der Waals surface area contributed by atoms with Crippen molar-refractivity contribution < 1.29 is 13.5 Å². The van der Waals surface area contributed by atoms with Gasteiger partial charge in [0.1, 0.15) is 11.6 Å². The lowest BCUT2D eigenvalue weighted by molar-refractivity contribution is 0.395. The van der Waals surface area contributed by atoms with Gasteiger partial charge in [-0.15, -0.1) is 0 Å². The van der Waals surface area contributed by atoms with Gasteiger partial charge in [-0.1, -0.05) is 6.07 Å². The molecule has 0 fully saturated rings. The lowest BCUT2D eigenvalue weighted by Crippen LogP contribution is -2.21. The first kappa shape index (κ1) is 15.4. The summed E-state index contributed by atoms with van der Waals surface area (Å²) >= 11 is 0. The quantitative estimate of drug-likeness (QED) is 0.922. The maximum Gasteiger partial charge on any atom is 0.161 e. The van der Waals surface area contributed by atoms with Crippen molar-refractivity contribution in [3.8, 4) is 5.75 Å². The van der Waals surface area contributed by atoms with Gasteiger partial charge in [-0.05, 0) is 31.9 Å². The molecule has 0 saturated heterocycles. The first-order valence-corrected chi connectivity index (χ1v) is 6.75. The van der Waals surface area contributed by atoms with Gasteiger partial charge in [0.25, 0.3) is 0 Å². The first-order valence-electron chi connectivity index (χ1n) is 6.75. The molecule has 0 spiro atoms. The topological polar surface area (TPSA) is 53.1 Å². The molecule has 114 valence electrons. The van der Waals surface area contributed by atoms with E-state index >= 15 is 0 Å². The zero-order chi connectivity index (χ0) is 15.6. The van der Waals surface area contributed by atoms with Gasteiger partial charge in [-0.25, -0.2) is 8.78 Å². The van der Waals surface area contributed by atoms with E-state index in [0.717, 1.165) is 6.07 Å². The molecule has 21 heavy (non-hydrogen) atoms. The van der Waals surface area contributed by atoms with Crippen molar-refractivity contribution in [3.05, 3.63) is 47.3 Å². The number of benzene rings is 1. The van der Waals surface area contributed by atoms with Crippen LogP contribution in [0.25, 0.3) is 0 Å². The summed E-state index contributed by atoms with van der Waals surface area (Å²) < 4.78 is 33.7. The van der Waals surface area contributed by atoms with Crippen LogP contribution in [0.4, 0.5) is 8.78 Å². The Bertz CT molecular complexity index is 625. The zero-order valence-corrected chi connectivity index (χ0v) is 12.3. The Hall–Kier alpha value is -1.95. The van der Waals surface area contributed by atoms with E-state index in [4.69, 9.17) is 10.5 Å². The van der Waals surface area contributed by atoms with Gasteiger partial charge in [0.05, 0.1) is 25.0 Å². The van der Waals surface area contributed by atoms with Crippen LogP contribution >= 0.6 is 0 Å². The number of halogens is 2. The fraction of sp³-hybridized carbons (Fsp3) is 0.400. The highest BCUT2D eigenvalue weighted by Crippen LogP contribution is 2.28. The second-order valence-electron chi connectivity index (χ2n) is 5.18. The minimum atomic E-state index is -0.602. The zero-order valence-electron chi connectivity index (χ0n) is 12.3. The summed E-state index contributed by atoms with van der Waals surface area (Å²) in [6, 6.07) is 3.10. The van der Waals surface area contributed by atoms with Crippen molar-refractivity contribution in [2.45, 2.75) is 32.4 Å². The molecule has 1 heterocycles. The molecule has 1 aromatic carbocycles. The van der Waals surface area contributed by atoms with Gasteiger partial charge in [0, 0.05) is 12.1 Å². The number of ether oxygens (including phenoxy) is 1. The van der Waals surface area contributed by atoms with Crippen LogP contribution in [0.1, 0.15) is 37.2 Å². The predicted molar refractivity (Wildman–Crippen MR) is 76.2 cm³/mol. The smallest absolute Gasteiger partial charge is 0.161 e. The Labute approximate surface area is 122 Å². The third kappa shape index (κ3) is 3.21. The van der Waals surface area contributed by atoms with Crippen molar-refractivity contribution in [2.24, 2.45) is 5.73 Å². The SMILES string of the molecule is COc1cnn(C(C)C)c1C(N)Cc1ccc(F)cc1F. The molecule has 2 rings (SSSR count). The van der Waals surface area contributed by atoms with Crippen molar-refractivity contribution in [3.63, 3.8) is 0 Å². The molecule has 1 unspecified atom stereocenters. The Morgan fingerprint density at radius 2 is 2.05 bits per heavy atom. The molecule has 0 amide bonds. The number of hydrogen-bond donors (Lipinski definition) is 1. The lowest BCUT2D eigenvalue weighted by atomic mass is 10.0. The summed E-state index contributed by atoms with van der Waals surface area (Å²) in [6.45, 7) is 3.95. The highest BCUT2D eigenvalue weighted by molar-refractivity contribution is 5.31. The van der Waals surface area contributed by atoms with E-state index in [-0.39, 0.29) is 12.5 Å². The van der Waals surface area contributed by atoms with E-state index in [1.807, 2.05) is 13.8 Å². The van der Waals surface area contributed by atoms with Crippen LogP contribution in [0.2, 0.25) is 0 Å². The van der Waals surface area contributed by atoms with Crippen molar-refractivity contribution in [1.29, 1.82) is 0 Å². The molecule has 6 heteroatoms. The standard InChI is InChI=1S/C15H19F2N3O/c1-9(2)20-15(14(21-3)8-19-20)13(18)6-10-4-5-11(16)7-12(10)17/h4-5,7-9,13H,6,18H2,1-3H3. The van der Waals surface area contributed by atoms with Crippen LogP contribution in [0, 0.1) is 11.6 Å². The maximum atomic E-state index is 13.7. The Morgan fingerprint density at radius 1 is 1.33 bits per heavy atom. The van der Waals surface area contributed by atoms with E-state index in [2.05, 4.69) is 5.10 Å². The molecule has 0 saturated carbocycles. The van der Waals surface area contributed by atoms with E-state index in [0.29, 0.717) is 17.0 Å². The molecule has 1 aromatic heterocycles. The minimum Gasteiger partial charge on any atom is -0.493 e. The molecule has 0 radical (unpaired) electrons. The summed E-state index contributed by atoms with van der Waals surface area (Å²) in [5.41, 5.74) is 7.26. The summed E-state index contributed by atoms with van der Waals surface area (Å²) in [4.78, 5) is 0. The van der Waals surface area contributed by atoms with Gasteiger partial charge in [0.2, 0.25) is 0 Å². The highest BCUT2D eigenvalue weighted by Gasteiger charge is 2.21. The number of rotatable bonds is 5. The van der Waals surface area contributed by atoms with E-state index in [9.17, 15) is 8.78 Å². The molecule has 2 N–H and O–H groups in total. The third-order valence-electron chi connectivity index (χ3n) is 3.31. The number of nitrogens with zero attached hydrogens (tertiary/aromatic N) is 2. The second kappa shape index (κ2) is 6.22. The fourth-order valence-corrected chi connectivity index (χ4v) is 2.30. The monoisotopic (exact) mass is 295 g/mol. The minimum absolute atomic E-state index is 0.105. The molecule has 0 bridgehead atoms. The van der Waals surface area contributed by atoms with Gasteiger partial charge in [-0.3, -0.25) is 4.68 Å². The number of nitrogens with two attached hydrogens (primary N) is 1. The van der Waals surface area contributed by atoms with E-state index in [1.165, 1.54) is 19.2 Å². The van der Waals surface area contributed by atoms with Crippen LogP contribution in [-0.4, -0.2) is 16.9 Å². The van der Waals surface area contributed by atoms with Crippen LogP contribution in [-0.2, 0) is 6.42 Å². The molecular formula is C15H19F2N3O. The lowest BCUT2D eigenvalue weighted by Gasteiger charge is -2.18. The Morgan fingerprint density at radius 3 is 2.62 bits per heavy atom. The van der Waals surface area contributed by atoms with Gasteiger partial charge in [0.15, 0.2) is 5.75 Å². The van der Waals surface area contributed by atoms with Crippen molar-refractivity contribution >= 4 is 0 Å². The number of aromatic nitrogens is 2. The average molecular weight is 295 g/mol. The molecular weight excluding hydrogens is 276 g/mol. The highest BCUT2D eigenvalue weighted by atomic mass is 19.1. The molecule has 0 aliphatic heterocycles. The number of methoxy groups -OCH3 is 1. The van der Waals surface area contributed by atoms with Gasteiger partial charge < -0.3 is 10.5 Å².